The fourth-order valence-electron chi connectivity index (χ4n) is 2.45. The number of carboxylic acid groups (broad SMARTS) is 1. The first-order valence-corrected chi connectivity index (χ1v) is 8.37. The molecule has 2 aromatic rings. The fourth-order valence-corrected chi connectivity index (χ4v) is 3.17. The third kappa shape index (κ3) is 3.76. The number of thiophene rings is 1. The van der Waals surface area contributed by atoms with Gasteiger partial charge in [0.25, 0.3) is 5.56 Å². The van der Waals surface area contributed by atoms with Gasteiger partial charge >= 0.3 is 5.97 Å². The predicted molar refractivity (Wildman–Crippen MR) is 85.4 cm³/mol. The molecule has 1 unspecified atom stereocenters. The van der Waals surface area contributed by atoms with Crippen LogP contribution in [0.25, 0.3) is 10.2 Å². The number of nitrogens with zero attached hydrogens (tertiary/aromatic N) is 2. The third-order valence-corrected chi connectivity index (χ3v) is 4.75. The number of carbonyl (C=O) groups excluding carboxylic acids is 1. The van der Waals surface area contributed by atoms with Gasteiger partial charge in [0.15, 0.2) is 0 Å². The van der Waals surface area contributed by atoms with Crippen LogP contribution >= 0.6 is 11.3 Å². The SMILES string of the molecule is O=C(CCn1cnc2sccc2c1=O)NC(CC1CC1)C(=O)O. The molecule has 8 heteroatoms. The van der Waals surface area contributed by atoms with Crippen LogP contribution in [0.2, 0.25) is 0 Å². The van der Waals surface area contributed by atoms with E-state index in [9.17, 15) is 14.4 Å². The zero-order valence-electron chi connectivity index (χ0n) is 12.4. The molecule has 0 saturated heterocycles. The zero-order valence-corrected chi connectivity index (χ0v) is 13.2. The van der Waals surface area contributed by atoms with E-state index in [1.807, 2.05) is 0 Å². The first-order chi connectivity index (χ1) is 11.0. The second-order valence-corrected chi connectivity index (χ2v) is 6.66. The molecule has 3 rings (SSSR count). The first-order valence-electron chi connectivity index (χ1n) is 7.49. The Morgan fingerprint density at radius 1 is 1.48 bits per heavy atom. The van der Waals surface area contributed by atoms with Crippen molar-refractivity contribution in [2.24, 2.45) is 5.92 Å². The largest absolute Gasteiger partial charge is 0.480 e. The molecule has 122 valence electrons. The maximum absolute atomic E-state index is 12.2. The van der Waals surface area contributed by atoms with Crippen molar-refractivity contribution in [3.05, 3.63) is 28.1 Å². The zero-order chi connectivity index (χ0) is 16.4. The molecule has 1 aliphatic carbocycles. The minimum Gasteiger partial charge on any atom is -0.480 e. The minimum absolute atomic E-state index is 0.0473. The van der Waals surface area contributed by atoms with Crippen molar-refractivity contribution >= 4 is 33.4 Å². The number of fused-ring (bicyclic) bond motifs is 1. The second kappa shape index (κ2) is 6.49. The van der Waals surface area contributed by atoms with Crippen LogP contribution in [0.1, 0.15) is 25.7 Å². The van der Waals surface area contributed by atoms with Crippen molar-refractivity contribution in [3.8, 4) is 0 Å². The number of aromatic nitrogens is 2. The van der Waals surface area contributed by atoms with Crippen LogP contribution < -0.4 is 10.9 Å². The molecular weight excluding hydrogens is 318 g/mol. The molecule has 0 radical (unpaired) electrons. The number of hydrogen-bond acceptors (Lipinski definition) is 5. The van der Waals surface area contributed by atoms with Crippen LogP contribution in [0, 0.1) is 5.92 Å². The van der Waals surface area contributed by atoms with Crippen LogP contribution in [0.4, 0.5) is 0 Å². The lowest BCUT2D eigenvalue weighted by atomic mass is 10.1. The van der Waals surface area contributed by atoms with E-state index in [4.69, 9.17) is 5.11 Å². The average Bonchev–Trinajstić information content (AvgIpc) is 3.19. The molecule has 1 fully saturated rings. The van der Waals surface area contributed by atoms with Crippen molar-refractivity contribution in [2.45, 2.75) is 38.3 Å². The van der Waals surface area contributed by atoms with Crippen molar-refractivity contribution in [3.63, 3.8) is 0 Å². The summed E-state index contributed by atoms with van der Waals surface area (Å²) < 4.78 is 1.38. The van der Waals surface area contributed by atoms with E-state index in [0.29, 0.717) is 22.6 Å². The van der Waals surface area contributed by atoms with Crippen LogP contribution in [-0.2, 0) is 16.1 Å². The second-order valence-electron chi connectivity index (χ2n) is 5.77. The molecule has 7 nitrogen and oxygen atoms in total. The molecule has 0 aliphatic heterocycles. The molecule has 2 aromatic heterocycles. The van der Waals surface area contributed by atoms with Crippen molar-refractivity contribution in [1.82, 2.24) is 14.9 Å². The highest BCUT2D eigenvalue weighted by atomic mass is 32.1. The summed E-state index contributed by atoms with van der Waals surface area (Å²) in [7, 11) is 0. The summed E-state index contributed by atoms with van der Waals surface area (Å²) in [4.78, 5) is 40.1. The number of amides is 1. The van der Waals surface area contributed by atoms with E-state index in [1.165, 1.54) is 22.2 Å². The van der Waals surface area contributed by atoms with E-state index in [1.54, 1.807) is 11.4 Å². The van der Waals surface area contributed by atoms with E-state index in [-0.39, 0.29) is 24.4 Å². The topological polar surface area (TPSA) is 101 Å². The molecule has 1 amide bonds. The lowest BCUT2D eigenvalue weighted by Crippen LogP contribution is -2.41. The van der Waals surface area contributed by atoms with Gasteiger partial charge in [-0.05, 0) is 23.8 Å². The van der Waals surface area contributed by atoms with Crippen LogP contribution in [0.15, 0.2) is 22.6 Å². The first kappa shape index (κ1) is 15.7. The number of rotatable bonds is 7. The summed E-state index contributed by atoms with van der Waals surface area (Å²) >= 11 is 1.39. The lowest BCUT2D eigenvalue weighted by molar-refractivity contribution is -0.142. The Hall–Kier alpha value is -2.22. The van der Waals surface area contributed by atoms with E-state index >= 15 is 0 Å². The van der Waals surface area contributed by atoms with Gasteiger partial charge in [-0.3, -0.25) is 14.2 Å². The molecule has 2 heterocycles. The molecule has 1 aliphatic rings. The quantitative estimate of drug-likeness (QED) is 0.792. The maximum Gasteiger partial charge on any atom is 0.326 e. The number of aryl methyl sites for hydroxylation is 1. The molecule has 1 saturated carbocycles. The molecule has 2 N–H and O–H groups in total. The summed E-state index contributed by atoms with van der Waals surface area (Å²) in [6.07, 6.45) is 4.01. The summed E-state index contributed by atoms with van der Waals surface area (Å²) in [6.45, 7) is 0.180. The number of aliphatic carboxylic acids is 1. The van der Waals surface area contributed by atoms with Crippen LogP contribution in [0.3, 0.4) is 0 Å². The van der Waals surface area contributed by atoms with Crippen LogP contribution in [-0.4, -0.2) is 32.6 Å². The van der Waals surface area contributed by atoms with Gasteiger partial charge in [-0.2, -0.15) is 0 Å². The standard InChI is InChI=1S/C15H17N3O4S/c19-12(17-11(15(21)22)7-9-1-2-9)3-5-18-8-16-13-10(14(18)20)4-6-23-13/h4,6,8-9,11H,1-3,5,7H2,(H,17,19)(H,21,22). The smallest absolute Gasteiger partial charge is 0.326 e. The van der Waals surface area contributed by atoms with Gasteiger partial charge in [0, 0.05) is 13.0 Å². The van der Waals surface area contributed by atoms with Gasteiger partial charge in [-0.1, -0.05) is 12.8 Å². The predicted octanol–water partition coefficient (Wildman–Crippen LogP) is 1.22. The van der Waals surface area contributed by atoms with Crippen molar-refractivity contribution in [1.29, 1.82) is 0 Å². The number of carboxylic acids is 1. The summed E-state index contributed by atoms with van der Waals surface area (Å²) in [6, 6.07) is 0.867. The molecule has 0 bridgehead atoms. The number of hydrogen-bond donors (Lipinski definition) is 2. The Balaban J connectivity index is 1.59. The molecule has 0 spiro atoms. The lowest BCUT2D eigenvalue weighted by Gasteiger charge is -2.14. The van der Waals surface area contributed by atoms with E-state index in [0.717, 1.165) is 12.8 Å². The van der Waals surface area contributed by atoms with Crippen molar-refractivity contribution < 1.29 is 14.7 Å². The monoisotopic (exact) mass is 335 g/mol. The fraction of sp³-hybridized carbons (Fsp3) is 0.467. The molecule has 0 aromatic carbocycles. The maximum atomic E-state index is 12.2. The normalized spacial score (nSPS) is 15.5. The van der Waals surface area contributed by atoms with Gasteiger partial charge in [-0.25, -0.2) is 9.78 Å². The Labute approximate surface area is 136 Å². The van der Waals surface area contributed by atoms with E-state index < -0.39 is 12.0 Å². The third-order valence-electron chi connectivity index (χ3n) is 3.93. The summed E-state index contributed by atoms with van der Waals surface area (Å²) in [5, 5.41) is 14.0. The summed E-state index contributed by atoms with van der Waals surface area (Å²) in [5.74, 6) is -0.969. The highest BCUT2D eigenvalue weighted by Gasteiger charge is 2.30. The Morgan fingerprint density at radius 2 is 2.26 bits per heavy atom. The Bertz CT molecular complexity index is 793. The minimum atomic E-state index is -1.01. The number of nitrogens with one attached hydrogen (secondary N) is 1. The van der Waals surface area contributed by atoms with Gasteiger partial charge in [0.05, 0.1) is 11.7 Å². The van der Waals surface area contributed by atoms with E-state index in [2.05, 4.69) is 10.3 Å². The van der Waals surface area contributed by atoms with Gasteiger partial charge in [0.2, 0.25) is 5.91 Å². The van der Waals surface area contributed by atoms with Gasteiger partial charge in [-0.15, -0.1) is 11.3 Å². The van der Waals surface area contributed by atoms with Gasteiger partial charge in [0.1, 0.15) is 10.9 Å². The Kier molecular flexibility index (Phi) is 4.42. The summed E-state index contributed by atoms with van der Waals surface area (Å²) in [5.41, 5.74) is -0.184. The van der Waals surface area contributed by atoms with Crippen molar-refractivity contribution in [2.75, 3.05) is 0 Å². The van der Waals surface area contributed by atoms with Crippen LogP contribution in [0.5, 0.6) is 0 Å². The molecule has 23 heavy (non-hydrogen) atoms. The highest BCUT2D eigenvalue weighted by Crippen LogP contribution is 2.33. The molecule has 1 atom stereocenters. The molecular formula is C15H17N3O4S. The number of carbonyl (C=O) groups is 2. The Morgan fingerprint density at radius 3 is 2.96 bits per heavy atom. The average molecular weight is 335 g/mol. The highest BCUT2D eigenvalue weighted by molar-refractivity contribution is 7.16. The van der Waals surface area contributed by atoms with Gasteiger partial charge < -0.3 is 10.4 Å².